The second kappa shape index (κ2) is 9.78. The Hall–Kier alpha value is -0.160. The van der Waals surface area contributed by atoms with Crippen molar-refractivity contribution in [1.82, 2.24) is 5.32 Å². The van der Waals surface area contributed by atoms with Gasteiger partial charge < -0.3 is 19.9 Å². The van der Waals surface area contributed by atoms with E-state index in [1.165, 1.54) is 19.3 Å². The normalized spacial score (nSPS) is 25.0. The summed E-state index contributed by atoms with van der Waals surface area (Å²) in [7, 11) is 1.73. The van der Waals surface area contributed by atoms with Gasteiger partial charge in [0.2, 0.25) is 0 Å². The van der Waals surface area contributed by atoms with E-state index in [0.717, 1.165) is 26.0 Å². The van der Waals surface area contributed by atoms with Crippen LogP contribution in [0.15, 0.2) is 0 Å². The zero-order valence-electron chi connectivity index (χ0n) is 14.4. The molecule has 0 amide bonds. The molecule has 0 aromatic heterocycles. The molecule has 1 rings (SSSR count). The molecule has 126 valence electrons. The molecule has 0 heterocycles. The average Bonchev–Trinajstić information content (AvgIpc) is 2.44. The molecular formula is C17H35NO3. The summed E-state index contributed by atoms with van der Waals surface area (Å²) in [6.45, 7) is 9.38. The van der Waals surface area contributed by atoms with Crippen molar-refractivity contribution in [3.8, 4) is 0 Å². The molecule has 3 unspecified atom stereocenters. The highest BCUT2D eigenvalue weighted by Crippen LogP contribution is 2.26. The molecule has 4 nitrogen and oxygen atoms in total. The van der Waals surface area contributed by atoms with E-state index in [4.69, 9.17) is 9.47 Å². The standard InChI is InChI=1S/C17H35NO3/c1-14-7-5-6-8-16(14)21-12-15(19)11-18-13-17(2,3)9-10-20-4/h14-16,18-19H,5-13H2,1-4H3. The summed E-state index contributed by atoms with van der Waals surface area (Å²) in [6.07, 6.45) is 5.92. The van der Waals surface area contributed by atoms with Crippen LogP contribution in [0.25, 0.3) is 0 Å². The number of nitrogens with one attached hydrogen (secondary N) is 1. The largest absolute Gasteiger partial charge is 0.389 e. The van der Waals surface area contributed by atoms with Crippen molar-refractivity contribution in [2.75, 3.05) is 33.4 Å². The first kappa shape index (κ1) is 18.9. The summed E-state index contributed by atoms with van der Waals surface area (Å²) in [5.41, 5.74) is 0.189. The Labute approximate surface area is 130 Å². The first-order chi connectivity index (χ1) is 9.94. The highest BCUT2D eigenvalue weighted by Gasteiger charge is 2.23. The Bertz CT molecular complexity index is 271. The monoisotopic (exact) mass is 301 g/mol. The van der Waals surface area contributed by atoms with E-state index < -0.39 is 6.10 Å². The molecule has 1 aliphatic carbocycles. The summed E-state index contributed by atoms with van der Waals surface area (Å²) >= 11 is 0. The van der Waals surface area contributed by atoms with Gasteiger partial charge in [-0.15, -0.1) is 0 Å². The maximum absolute atomic E-state index is 10.0. The minimum absolute atomic E-state index is 0.189. The molecule has 3 atom stereocenters. The van der Waals surface area contributed by atoms with Crippen molar-refractivity contribution < 1.29 is 14.6 Å². The number of aliphatic hydroxyl groups is 1. The van der Waals surface area contributed by atoms with Gasteiger partial charge in [-0.1, -0.05) is 33.6 Å². The van der Waals surface area contributed by atoms with Crippen LogP contribution in [0.5, 0.6) is 0 Å². The van der Waals surface area contributed by atoms with E-state index >= 15 is 0 Å². The Kier molecular flexibility index (Phi) is 8.79. The number of rotatable bonds is 10. The molecule has 21 heavy (non-hydrogen) atoms. The molecule has 1 aliphatic rings. The van der Waals surface area contributed by atoms with Crippen LogP contribution < -0.4 is 5.32 Å². The van der Waals surface area contributed by atoms with Gasteiger partial charge in [0.25, 0.3) is 0 Å². The maximum Gasteiger partial charge on any atom is 0.0897 e. The van der Waals surface area contributed by atoms with Gasteiger partial charge in [-0.3, -0.25) is 0 Å². The minimum Gasteiger partial charge on any atom is -0.389 e. The quantitative estimate of drug-likeness (QED) is 0.651. The van der Waals surface area contributed by atoms with E-state index in [0.29, 0.717) is 25.2 Å². The molecule has 0 aromatic rings. The van der Waals surface area contributed by atoms with Crippen molar-refractivity contribution in [3.63, 3.8) is 0 Å². The minimum atomic E-state index is -0.419. The molecule has 4 heteroatoms. The van der Waals surface area contributed by atoms with E-state index in [-0.39, 0.29) is 5.41 Å². The lowest BCUT2D eigenvalue weighted by molar-refractivity contribution is -0.0455. The van der Waals surface area contributed by atoms with Crippen molar-refractivity contribution in [1.29, 1.82) is 0 Å². The highest BCUT2D eigenvalue weighted by molar-refractivity contribution is 4.75. The van der Waals surface area contributed by atoms with Gasteiger partial charge in [0.15, 0.2) is 0 Å². The van der Waals surface area contributed by atoms with Crippen molar-refractivity contribution in [2.45, 2.75) is 65.1 Å². The van der Waals surface area contributed by atoms with E-state index in [1.807, 2.05) is 0 Å². The molecule has 0 saturated heterocycles. The summed E-state index contributed by atoms with van der Waals surface area (Å²) in [5.74, 6) is 0.631. The number of aliphatic hydroxyl groups excluding tert-OH is 1. The number of methoxy groups -OCH3 is 1. The second-order valence-electron chi connectivity index (χ2n) is 7.33. The zero-order valence-corrected chi connectivity index (χ0v) is 14.4. The van der Waals surface area contributed by atoms with Crippen molar-refractivity contribution >= 4 is 0 Å². The molecule has 0 aliphatic heterocycles. The van der Waals surface area contributed by atoms with Gasteiger partial charge in [0.1, 0.15) is 0 Å². The average molecular weight is 301 g/mol. The topological polar surface area (TPSA) is 50.7 Å². The summed E-state index contributed by atoms with van der Waals surface area (Å²) in [5, 5.41) is 13.4. The Morgan fingerprint density at radius 3 is 2.67 bits per heavy atom. The smallest absolute Gasteiger partial charge is 0.0897 e. The van der Waals surface area contributed by atoms with Crippen molar-refractivity contribution in [3.05, 3.63) is 0 Å². The molecule has 0 spiro atoms. The molecule has 2 N–H and O–H groups in total. The fraction of sp³-hybridized carbons (Fsp3) is 1.00. The summed E-state index contributed by atoms with van der Waals surface area (Å²) < 4.78 is 11.0. The molecule has 1 saturated carbocycles. The third-order valence-electron chi connectivity index (χ3n) is 4.50. The van der Waals surface area contributed by atoms with Crippen LogP contribution in [0, 0.1) is 11.3 Å². The third-order valence-corrected chi connectivity index (χ3v) is 4.50. The van der Waals surface area contributed by atoms with E-state index in [9.17, 15) is 5.11 Å². The van der Waals surface area contributed by atoms with Gasteiger partial charge in [0, 0.05) is 26.8 Å². The Morgan fingerprint density at radius 2 is 2.00 bits per heavy atom. The molecule has 0 radical (unpaired) electrons. The molecular weight excluding hydrogens is 266 g/mol. The first-order valence-electron chi connectivity index (χ1n) is 8.44. The third kappa shape index (κ3) is 8.15. The van der Waals surface area contributed by atoms with Gasteiger partial charge in [-0.2, -0.15) is 0 Å². The lowest BCUT2D eigenvalue weighted by atomic mass is 9.88. The lowest BCUT2D eigenvalue weighted by Crippen LogP contribution is -2.38. The lowest BCUT2D eigenvalue weighted by Gasteiger charge is -2.30. The van der Waals surface area contributed by atoms with Crippen molar-refractivity contribution in [2.24, 2.45) is 11.3 Å². The number of ether oxygens (including phenoxy) is 2. The van der Waals surface area contributed by atoms with Crippen LogP contribution in [0.4, 0.5) is 0 Å². The molecule has 0 bridgehead atoms. The van der Waals surface area contributed by atoms with E-state index in [2.05, 4.69) is 26.1 Å². The number of hydrogen-bond acceptors (Lipinski definition) is 4. The predicted octanol–water partition coefficient (Wildman–Crippen LogP) is 2.59. The summed E-state index contributed by atoms with van der Waals surface area (Å²) in [6, 6.07) is 0. The van der Waals surface area contributed by atoms with Gasteiger partial charge in [0.05, 0.1) is 18.8 Å². The maximum atomic E-state index is 10.0. The fourth-order valence-electron chi connectivity index (χ4n) is 2.87. The van der Waals surface area contributed by atoms with Gasteiger partial charge in [-0.25, -0.2) is 0 Å². The first-order valence-corrected chi connectivity index (χ1v) is 8.44. The fourth-order valence-corrected chi connectivity index (χ4v) is 2.87. The Morgan fingerprint density at radius 1 is 1.29 bits per heavy atom. The predicted molar refractivity (Wildman–Crippen MR) is 86.5 cm³/mol. The van der Waals surface area contributed by atoms with Crippen LogP contribution >= 0.6 is 0 Å². The van der Waals surface area contributed by atoms with Gasteiger partial charge in [-0.05, 0) is 30.6 Å². The van der Waals surface area contributed by atoms with Crippen LogP contribution in [-0.2, 0) is 9.47 Å². The SMILES string of the molecule is COCCC(C)(C)CNCC(O)COC1CCCCC1C. The molecule has 1 fully saturated rings. The Balaban J connectivity index is 2.11. The highest BCUT2D eigenvalue weighted by atomic mass is 16.5. The number of hydrogen-bond donors (Lipinski definition) is 2. The molecule has 0 aromatic carbocycles. The summed E-state index contributed by atoms with van der Waals surface area (Å²) in [4.78, 5) is 0. The van der Waals surface area contributed by atoms with Crippen LogP contribution in [0.1, 0.15) is 52.9 Å². The second-order valence-corrected chi connectivity index (χ2v) is 7.33. The van der Waals surface area contributed by atoms with E-state index in [1.54, 1.807) is 7.11 Å². The van der Waals surface area contributed by atoms with Crippen LogP contribution in [-0.4, -0.2) is 50.7 Å². The zero-order chi connectivity index (χ0) is 15.7. The van der Waals surface area contributed by atoms with Crippen LogP contribution in [0.3, 0.4) is 0 Å². The van der Waals surface area contributed by atoms with Gasteiger partial charge >= 0.3 is 0 Å². The van der Waals surface area contributed by atoms with Crippen LogP contribution in [0.2, 0.25) is 0 Å².